The standard InChI is InChI=1S/C15H23FN2O/c1-2-3-15(19)12-17-8-10-18(11-9-17)14-6-4-13(16)5-7-14/h4-7,15,19H,2-3,8-12H2,1H3. The first-order chi connectivity index (χ1) is 9.19. The second kappa shape index (κ2) is 6.87. The maximum Gasteiger partial charge on any atom is 0.123 e. The first-order valence-electron chi connectivity index (χ1n) is 7.10. The van der Waals surface area contributed by atoms with E-state index in [4.69, 9.17) is 0 Å². The molecule has 0 radical (unpaired) electrons. The largest absolute Gasteiger partial charge is 0.392 e. The lowest BCUT2D eigenvalue weighted by Crippen LogP contribution is -2.48. The lowest BCUT2D eigenvalue weighted by atomic mass is 10.2. The van der Waals surface area contributed by atoms with Gasteiger partial charge in [-0.25, -0.2) is 4.39 Å². The van der Waals surface area contributed by atoms with Gasteiger partial charge in [-0.3, -0.25) is 4.90 Å². The second-order valence-electron chi connectivity index (χ2n) is 5.21. The van der Waals surface area contributed by atoms with E-state index in [-0.39, 0.29) is 11.9 Å². The first-order valence-corrected chi connectivity index (χ1v) is 7.10. The molecule has 1 unspecified atom stereocenters. The molecule has 19 heavy (non-hydrogen) atoms. The maximum atomic E-state index is 12.9. The summed E-state index contributed by atoms with van der Waals surface area (Å²) >= 11 is 0. The van der Waals surface area contributed by atoms with E-state index in [1.807, 2.05) is 12.1 Å². The molecule has 1 N–H and O–H groups in total. The van der Waals surface area contributed by atoms with Gasteiger partial charge >= 0.3 is 0 Å². The van der Waals surface area contributed by atoms with Crippen LogP contribution < -0.4 is 4.90 Å². The molecule has 2 rings (SSSR count). The van der Waals surface area contributed by atoms with E-state index in [2.05, 4.69) is 16.7 Å². The zero-order valence-electron chi connectivity index (χ0n) is 11.6. The van der Waals surface area contributed by atoms with Crippen molar-refractivity contribution in [3.63, 3.8) is 0 Å². The Labute approximate surface area is 114 Å². The summed E-state index contributed by atoms with van der Waals surface area (Å²) in [6, 6.07) is 6.67. The van der Waals surface area contributed by atoms with Crippen LogP contribution in [0.4, 0.5) is 10.1 Å². The van der Waals surface area contributed by atoms with Crippen molar-refractivity contribution in [2.24, 2.45) is 0 Å². The molecule has 0 saturated carbocycles. The minimum absolute atomic E-state index is 0.190. The number of anilines is 1. The van der Waals surface area contributed by atoms with Crippen LogP contribution in [0.25, 0.3) is 0 Å². The van der Waals surface area contributed by atoms with Crippen LogP contribution in [0.3, 0.4) is 0 Å². The summed E-state index contributed by atoms with van der Waals surface area (Å²) in [6.45, 7) is 6.64. The van der Waals surface area contributed by atoms with Crippen LogP contribution in [0.2, 0.25) is 0 Å². The van der Waals surface area contributed by atoms with E-state index in [1.165, 1.54) is 12.1 Å². The SMILES string of the molecule is CCCC(O)CN1CCN(c2ccc(F)cc2)CC1. The molecule has 0 bridgehead atoms. The van der Waals surface area contributed by atoms with Crippen molar-refractivity contribution in [1.82, 2.24) is 4.90 Å². The van der Waals surface area contributed by atoms with Gasteiger partial charge in [-0.05, 0) is 30.7 Å². The topological polar surface area (TPSA) is 26.7 Å². The van der Waals surface area contributed by atoms with E-state index in [0.717, 1.165) is 51.3 Å². The van der Waals surface area contributed by atoms with Gasteiger partial charge in [0.15, 0.2) is 0 Å². The number of β-amino-alcohol motifs (C(OH)–C–C–N with tert-alkyl or cyclic N) is 1. The molecule has 0 aromatic heterocycles. The van der Waals surface area contributed by atoms with Crippen molar-refractivity contribution < 1.29 is 9.50 Å². The molecule has 1 saturated heterocycles. The van der Waals surface area contributed by atoms with Crippen molar-refractivity contribution >= 4 is 5.69 Å². The highest BCUT2D eigenvalue weighted by Gasteiger charge is 2.19. The van der Waals surface area contributed by atoms with E-state index in [0.29, 0.717) is 0 Å². The number of nitrogens with zero attached hydrogens (tertiary/aromatic N) is 2. The third-order valence-corrected chi connectivity index (χ3v) is 3.65. The molecule has 1 atom stereocenters. The van der Waals surface area contributed by atoms with E-state index < -0.39 is 0 Å². The molecule has 4 heteroatoms. The maximum absolute atomic E-state index is 12.9. The molecule has 3 nitrogen and oxygen atoms in total. The summed E-state index contributed by atoms with van der Waals surface area (Å²) < 4.78 is 12.9. The monoisotopic (exact) mass is 266 g/mol. The van der Waals surface area contributed by atoms with Gasteiger partial charge in [-0.1, -0.05) is 13.3 Å². The molecule has 1 aromatic rings. The number of hydrogen-bond donors (Lipinski definition) is 1. The number of rotatable bonds is 5. The Bertz CT molecular complexity index is 374. The van der Waals surface area contributed by atoms with Gasteiger partial charge in [0, 0.05) is 38.4 Å². The first kappa shape index (κ1) is 14.3. The van der Waals surface area contributed by atoms with Crippen molar-refractivity contribution in [1.29, 1.82) is 0 Å². The van der Waals surface area contributed by atoms with Gasteiger partial charge in [0.2, 0.25) is 0 Å². The van der Waals surface area contributed by atoms with Gasteiger partial charge < -0.3 is 10.0 Å². The molecule has 0 spiro atoms. The fourth-order valence-electron chi connectivity index (χ4n) is 2.56. The Hall–Kier alpha value is -1.13. The van der Waals surface area contributed by atoms with E-state index >= 15 is 0 Å². The molecule has 106 valence electrons. The zero-order valence-corrected chi connectivity index (χ0v) is 11.6. The van der Waals surface area contributed by atoms with Crippen LogP contribution >= 0.6 is 0 Å². The number of piperazine rings is 1. The quantitative estimate of drug-likeness (QED) is 0.884. The molecular formula is C15H23FN2O. The predicted octanol–water partition coefficient (Wildman–Crippen LogP) is 2.11. The molecule has 1 fully saturated rings. The van der Waals surface area contributed by atoms with Crippen LogP contribution in [0.5, 0.6) is 0 Å². The molecule has 1 aliphatic rings. The van der Waals surface area contributed by atoms with Crippen molar-refractivity contribution in [3.05, 3.63) is 30.1 Å². The van der Waals surface area contributed by atoms with Gasteiger partial charge in [0.05, 0.1) is 6.10 Å². The minimum atomic E-state index is -0.206. The Morgan fingerprint density at radius 3 is 2.37 bits per heavy atom. The van der Waals surface area contributed by atoms with E-state index in [1.54, 1.807) is 0 Å². The normalized spacial score (nSPS) is 18.6. The summed E-state index contributed by atoms with van der Waals surface area (Å²) in [4.78, 5) is 4.57. The molecular weight excluding hydrogens is 243 g/mol. The number of hydrogen-bond acceptors (Lipinski definition) is 3. The number of halogens is 1. The summed E-state index contributed by atoms with van der Waals surface area (Å²) in [5, 5.41) is 9.82. The Balaban J connectivity index is 1.80. The van der Waals surface area contributed by atoms with Gasteiger partial charge in [0.25, 0.3) is 0 Å². The van der Waals surface area contributed by atoms with Gasteiger partial charge in [0.1, 0.15) is 5.82 Å². The molecule has 0 aliphatic carbocycles. The van der Waals surface area contributed by atoms with Crippen molar-refractivity contribution in [2.75, 3.05) is 37.6 Å². The fraction of sp³-hybridized carbons (Fsp3) is 0.600. The van der Waals surface area contributed by atoms with Crippen LogP contribution in [-0.2, 0) is 0 Å². The third kappa shape index (κ3) is 4.18. The zero-order chi connectivity index (χ0) is 13.7. The van der Waals surface area contributed by atoms with Crippen molar-refractivity contribution in [2.45, 2.75) is 25.9 Å². The third-order valence-electron chi connectivity index (χ3n) is 3.65. The predicted molar refractivity (Wildman–Crippen MR) is 76.0 cm³/mol. The van der Waals surface area contributed by atoms with Crippen molar-refractivity contribution in [3.8, 4) is 0 Å². The summed E-state index contributed by atoms with van der Waals surface area (Å²) in [5.41, 5.74) is 1.08. The summed E-state index contributed by atoms with van der Waals surface area (Å²) in [5.74, 6) is -0.190. The summed E-state index contributed by atoms with van der Waals surface area (Å²) in [7, 11) is 0. The van der Waals surface area contributed by atoms with Crippen LogP contribution in [0, 0.1) is 5.82 Å². The molecule has 1 heterocycles. The van der Waals surface area contributed by atoms with Crippen LogP contribution in [-0.4, -0.2) is 48.8 Å². The van der Waals surface area contributed by atoms with Gasteiger partial charge in [-0.2, -0.15) is 0 Å². The highest BCUT2D eigenvalue weighted by molar-refractivity contribution is 5.46. The average molecular weight is 266 g/mol. The van der Waals surface area contributed by atoms with Crippen LogP contribution in [0.1, 0.15) is 19.8 Å². The van der Waals surface area contributed by atoms with Crippen LogP contribution in [0.15, 0.2) is 24.3 Å². The number of aliphatic hydroxyl groups excluding tert-OH is 1. The fourth-order valence-corrected chi connectivity index (χ4v) is 2.56. The highest BCUT2D eigenvalue weighted by Crippen LogP contribution is 2.17. The number of aliphatic hydroxyl groups is 1. The Morgan fingerprint density at radius 2 is 1.79 bits per heavy atom. The molecule has 0 amide bonds. The second-order valence-corrected chi connectivity index (χ2v) is 5.21. The molecule has 1 aliphatic heterocycles. The molecule has 1 aromatic carbocycles. The van der Waals surface area contributed by atoms with Gasteiger partial charge in [-0.15, -0.1) is 0 Å². The summed E-state index contributed by atoms with van der Waals surface area (Å²) in [6.07, 6.45) is 1.69. The Kier molecular flexibility index (Phi) is 5.16. The Morgan fingerprint density at radius 1 is 1.16 bits per heavy atom. The minimum Gasteiger partial charge on any atom is -0.392 e. The smallest absolute Gasteiger partial charge is 0.123 e. The highest BCUT2D eigenvalue weighted by atomic mass is 19.1. The lowest BCUT2D eigenvalue weighted by Gasteiger charge is -2.36. The van der Waals surface area contributed by atoms with E-state index in [9.17, 15) is 9.50 Å². The average Bonchev–Trinajstić information content (AvgIpc) is 2.41. The number of benzene rings is 1. The lowest BCUT2D eigenvalue weighted by molar-refractivity contribution is 0.101.